The van der Waals surface area contributed by atoms with E-state index in [1.165, 1.54) is 0 Å². The van der Waals surface area contributed by atoms with Gasteiger partial charge in [0.25, 0.3) is 5.91 Å². The molecule has 4 rings (SSSR count). The average molecular weight is 383 g/mol. The molecule has 0 spiro atoms. The molecule has 3 heterocycles. The molecule has 0 fully saturated rings. The molecule has 0 radical (unpaired) electrons. The Morgan fingerprint density at radius 2 is 2.26 bits per heavy atom. The van der Waals surface area contributed by atoms with Crippen LogP contribution in [0.2, 0.25) is 0 Å². The molecule has 8 nitrogen and oxygen atoms in total. The zero-order valence-corrected chi connectivity index (χ0v) is 15.6. The first kappa shape index (κ1) is 17.2. The summed E-state index contributed by atoms with van der Waals surface area (Å²) in [7, 11) is 1.87. The minimum absolute atomic E-state index is 0.175. The van der Waals surface area contributed by atoms with E-state index in [0.717, 1.165) is 21.0 Å². The van der Waals surface area contributed by atoms with Crippen molar-refractivity contribution in [1.29, 1.82) is 0 Å². The minimum Gasteiger partial charge on any atom is -0.485 e. The van der Waals surface area contributed by atoms with E-state index in [1.54, 1.807) is 23.6 Å². The van der Waals surface area contributed by atoms with Crippen molar-refractivity contribution in [3.05, 3.63) is 58.9 Å². The summed E-state index contributed by atoms with van der Waals surface area (Å²) in [6, 6.07) is 7.32. The van der Waals surface area contributed by atoms with Gasteiger partial charge in [0.05, 0.1) is 21.8 Å². The maximum atomic E-state index is 12.2. The highest BCUT2D eigenvalue weighted by Crippen LogP contribution is 2.26. The molecule has 0 saturated carbocycles. The largest absolute Gasteiger partial charge is 0.485 e. The molecule has 1 N–H and O–H groups in total. The van der Waals surface area contributed by atoms with Crippen molar-refractivity contribution in [2.75, 3.05) is 0 Å². The Balaban J connectivity index is 1.35. The first-order valence-electron chi connectivity index (χ1n) is 8.28. The van der Waals surface area contributed by atoms with Crippen LogP contribution in [-0.2, 0) is 20.2 Å². The number of aryl methyl sites for hydroxylation is 2. The lowest BCUT2D eigenvalue weighted by Crippen LogP contribution is -2.24. The number of nitrogens with one attached hydrogen (secondary N) is 1. The number of carbonyl (C=O) groups is 1. The Morgan fingerprint density at radius 3 is 3.07 bits per heavy atom. The van der Waals surface area contributed by atoms with Crippen LogP contribution >= 0.6 is 11.3 Å². The number of thiazole rings is 1. The molecular weight excluding hydrogens is 366 g/mol. The van der Waals surface area contributed by atoms with Crippen molar-refractivity contribution in [1.82, 2.24) is 25.0 Å². The number of hydrogen-bond donors (Lipinski definition) is 1. The number of imidazole rings is 1. The van der Waals surface area contributed by atoms with Crippen LogP contribution in [0.4, 0.5) is 0 Å². The van der Waals surface area contributed by atoms with Crippen LogP contribution in [0.25, 0.3) is 10.2 Å². The van der Waals surface area contributed by atoms with Gasteiger partial charge in [-0.25, -0.2) is 9.97 Å². The monoisotopic (exact) mass is 383 g/mol. The van der Waals surface area contributed by atoms with E-state index in [9.17, 15) is 4.79 Å². The topological polar surface area (TPSA) is 95.1 Å². The molecule has 0 aliphatic heterocycles. The summed E-state index contributed by atoms with van der Waals surface area (Å²) < 4.78 is 13.9. The van der Waals surface area contributed by atoms with Crippen LogP contribution < -0.4 is 10.1 Å². The van der Waals surface area contributed by atoms with Crippen molar-refractivity contribution in [3.8, 4) is 5.75 Å². The Kier molecular flexibility index (Phi) is 4.59. The number of amides is 1. The van der Waals surface area contributed by atoms with E-state index in [4.69, 9.17) is 9.26 Å². The zero-order valence-electron chi connectivity index (χ0n) is 14.8. The first-order valence-corrected chi connectivity index (χ1v) is 9.10. The summed E-state index contributed by atoms with van der Waals surface area (Å²) >= 11 is 1.64. The van der Waals surface area contributed by atoms with Crippen molar-refractivity contribution in [3.63, 3.8) is 0 Å². The molecule has 0 aliphatic rings. The van der Waals surface area contributed by atoms with Gasteiger partial charge in [-0.3, -0.25) is 4.79 Å². The fourth-order valence-corrected chi connectivity index (χ4v) is 3.38. The molecule has 0 bridgehead atoms. The van der Waals surface area contributed by atoms with Crippen LogP contribution in [0.15, 0.2) is 41.2 Å². The van der Waals surface area contributed by atoms with Gasteiger partial charge in [-0.05, 0) is 19.1 Å². The normalized spacial score (nSPS) is 11.0. The van der Waals surface area contributed by atoms with E-state index >= 15 is 0 Å². The third-order valence-corrected chi connectivity index (χ3v) is 4.92. The predicted octanol–water partition coefficient (Wildman–Crippen LogP) is 2.84. The van der Waals surface area contributed by atoms with Crippen LogP contribution in [0.1, 0.15) is 27.1 Å². The predicted molar refractivity (Wildman–Crippen MR) is 99.6 cm³/mol. The minimum atomic E-state index is -0.327. The van der Waals surface area contributed by atoms with Gasteiger partial charge in [0.1, 0.15) is 18.2 Å². The average Bonchev–Trinajstić information content (AvgIpc) is 3.36. The van der Waals surface area contributed by atoms with Gasteiger partial charge in [0, 0.05) is 31.6 Å². The van der Waals surface area contributed by atoms with Gasteiger partial charge < -0.3 is 19.1 Å². The standard InChI is InChI=1S/C18H17N5O3S/c1-11-21-14-7-12(3-4-16(14)27-11)25-10-13-8-15(22-26-13)18(24)20-9-17-19-5-6-23(17)2/h3-8H,9-10H2,1-2H3,(H,20,24). The molecule has 27 heavy (non-hydrogen) atoms. The number of aromatic nitrogens is 4. The van der Waals surface area contributed by atoms with E-state index in [2.05, 4.69) is 20.4 Å². The molecule has 0 aliphatic carbocycles. The Morgan fingerprint density at radius 1 is 1.37 bits per heavy atom. The fourth-order valence-electron chi connectivity index (χ4n) is 2.57. The highest BCUT2D eigenvalue weighted by Gasteiger charge is 2.14. The highest BCUT2D eigenvalue weighted by molar-refractivity contribution is 7.18. The molecule has 0 saturated heterocycles. The fraction of sp³-hybridized carbons (Fsp3) is 0.222. The number of hydrogen-bond acceptors (Lipinski definition) is 7. The maximum absolute atomic E-state index is 12.2. The van der Waals surface area contributed by atoms with Gasteiger partial charge in [-0.15, -0.1) is 11.3 Å². The van der Waals surface area contributed by atoms with Crippen LogP contribution in [0.3, 0.4) is 0 Å². The highest BCUT2D eigenvalue weighted by atomic mass is 32.1. The van der Waals surface area contributed by atoms with Crippen LogP contribution in [0, 0.1) is 6.92 Å². The van der Waals surface area contributed by atoms with Gasteiger partial charge in [-0.1, -0.05) is 5.16 Å². The third kappa shape index (κ3) is 3.82. The molecule has 0 atom stereocenters. The molecule has 9 heteroatoms. The molecule has 4 aromatic rings. The van der Waals surface area contributed by atoms with Crippen molar-refractivity contribution in [2.45, 2.75) is 20.1 Å². The Bertz CT molecular complexity index is 1100. The number of fused-ring (bicyclic) bond motifs is 1. The quantitative estimate of drug-likeness (QED) is 0.550. The Labute approximate surface area is 158 Å². The van der Waals surface area contributed by atoms with E-state index < -0.39 is 0 Å². The molecule has 1 aromatic carbocycles. The van der Waals surface area contributed by atoms with Gasteiger partial charge in [0.2, 0.25) is 0 Å². The van der Waals surface area contributed by atoms with E-state index in [-0.39, 0.29) is 18.2 Å². The maximum Gasteiger partial charge on any atom is 0.273 e. The lowest BCUT2D eigenvalue weighted by Gasteiger charge is -2.03. The number of carbonyl (C=O) groups excluding carboxylic acids is 1. The summed E-state index contributed by atoms with van der Waals surface area (Å²) in [6.45, 7) is 2.46. The molecule has 1 amide bonds. The van der Waals surface area contributed by atoms with Crippen LogP contribution in [-0.4, -0.2) is 25.6 Å². The number of rotatable bonds is 6. The second kappa shape index (κ2) is 7.20. The Hall–Kier alpha value is -3.20. The number of benzene rings is 1. The van der Waals surface area contributed by atoms with E-state index in [1.807, 2.05) is 42.9 Å². The first-order chi connectivity index (χ1) is 13.1. The second-order valence-corrected chi connectivity index (χ2v) is 7.20. The molecule has 3 aromatic heterocycles. The summed E-state index contributed by atoms with van der Waals surface area (Å²) in [5.41, 5.74) is 1.11. The summed E-state index contributed by atoms with van der Waals surface area (Å²) in [5, 5.41) is 7.57. The van der Waals surface area contributed by atoms with Crippen LogP contribution in [0.5, 0.6) is 5.75 Å². The number of ether oxygens (including phenoxy) is 1. The van der Waals surface area contributed by atoms with Crippen molar-refractivity contribution >= 4 is 27.5 Å². The molecule has 138 valence electrons. The lowest BCUT2D eigenvalue weighted by atomic mass is 10.3. The molecule has 0 unspecified atom stereocenters. The SMILES string of the molecule is Cc1nc2cc(OCc3cc(C(=O)NCc4nccn4C)no3)ccc2s1. The summed E-state index contributed by atoms with van der Waals surface area (Å²) in [6.07, 6.45) is 3.49. The summed E-state index contributed by atoms with van der Waals surface area (Å²) in [4.78, 5) is 20.8. The van der Waals surface area contributed by atoms with Crippen molar-refractivity contribution in [2.24, 2.45) is 7.05 Å². The third-order valence-electron chi connectivity index (χ3n) is 3.97. The zero-order chi connectivity index (χ0) is 18.8. The van der Waals surface area contributed by atoms with Gasteiger partial charge >= 0.3 is 0 Å². The summed E-state index contributed by atoms with van der Waals surface area (Å²) in [5.74, 6) is 1.58. The van der Waals surface area contributed by atoms with Gasteiger partial charge in [0.15, 0.2) is 11.5 Å². The van der Waals surface area contributed by atoms with Crippen molar-refractivity contribution < 1.29 is 14.1 Å². The number of nitrogens with zero attached hydrogens (tertiary/aromatic N) is 4. The molecular formula is C18H17N5O3S. The second-order valence-electron chi connectivity index (χ2n) is 5.97. The van der Waals surface area contributed by atoms with E-state index in [0.29, 0.717) is 18.1 Å². The smallest absolute Gasteiger partial charge is 0.273 e. The van der Waals surface area contributed by atoms with Gasteiger partial charge in [-0.2, -0.15) is 0 Å². The lowest BCUT2D eigenvalue weighted by molar-refractivity contribution is 0.0940.